The predicted molar refractivity (Wildman–Crippen MR) is 89.3 cm³/mol. The molecule has 0 heterocycles. The van der Waals surface area contributed by atoms with Crippen LogP contribution >= 0.6 is 0 Å². The monoisotopic (exact) mass is 410 g/mol. The van der Waals surface area contributed by atoms with E-state index < -0.39 is 32.7 Å². The van der Waals surface area contributed by atoms with Crippen molar-refractivity contribution in [2.45, 2.75) is 26.1 Å². The molecule has 2 atom stereocenters. The Morgan fingerprint density at radius 2 is 1.16 bits per heavy atom. The van der Waals surface area contributed by atoms with Gasteiger partial charge in [0.25, 0.3) is 22.3 Å². The first-order chi connectivity index (χ1) is 10.9. The first-order valence-corrected chi connectivity index (χ1v) is 9.29. The first-order valence-electron chi connectivity index (χ1n) is 6.11. The summed E-state index contributed by atoms with van der Waals surface area (Å²) in [6, 6.07) is 0. The highest BCUT2D eigenvalue weighted by atomic mass is 32.3. The van der Waals surface area contributed by atoms with Crippen LogP contribution in [0.15, 0.2) is 0 Å². The number of ether oxygens (including phenoxy) is 1. The zero-order valence-corrected chi connectivity index (χ0v) is 16.6. The van der Waals surface area contributed by atoms with Gasteiger partial charge >= 0.3 is 10.4 Å². The number of aliphatic hydroxyl groups is 1. The van der Waals surface area contributed by atoms with Gasteiger partial charge in [-0.25, -0.2) is 0 Å². The van der Waals surface area contributed by atoms with Gasteiger partial charge in [0, 0.05) is 21.0 Å². The van der Waals surface area contributed by atoms with Crippen molar-refractivity contribution in [2.24, 2.45) is 0 Å². The Balaban J connectivity index is -0.000000118. The number of carbonyl (C=O) groups excluding carboxylic acids is 2. The molecule has 0 aromatic rings. The van der Waals surface area contributed by atoms with E-state index >= 15 is 0 Å². The summed E-state index contributed by atoms with van der Waals surface area (Å²) in [7, 11) is -3.88. The van der Waals surface area contributed by atoms with E-state index in [1.807, 2.05) is 0 Å². The molecule has 0 amide bonds. The van der Waals surface area contributed by atoms with Crippen molar-refractivity contribution < 1.29 is 49.2 Å². The molecule has 0 saturated heterocycles. The molecule has 2 unspecified atom stereocenters. The molecule has 0 aromatic heterocycles. The molecule has 11 nitrogen and oxygen atoms in total. The van der Waals surface area contributed by atoms with Gasteiger partial charge in [0.1, 0.15) is 0 Å². The molecule has 0 aromatic carbocycles. The highest BCUT2D eigenvalue weighted by Crippen LogP contribution is 1.85. The third kappa shape index (κ3) is 45.0. The fraction of sp³-hybridized carbons (Fsp3) is 0.667. The van der Waals surface area contributed by atoms with Gasteiger partial charge in [0.2, 0.25) is 11.6 Å². The molecule has 0 aliphatic carbocycles. The van der Waals surface area contributed by atoms with E-state index in [1.54, 1.807) is 0 Å². The summed E-state index contributed by atoms with van der Waals surface area (Å²) in [6.45, 7) is 9.16. The Morgan fingerprint density at radius 1 is 0.920 bits per heavy atom. The molecule has 0 aliphatic rings. The first kappa shape index (κ1) is 31.5. The van der Waals surface area contributed by atoms with Crippen LogP contribution in [0.25, 0.3) is 0 Å². The molecule has 13 heteroatoms. The number of methoxy groups -OCH3 is 1. The average Bonchev–Trinajstić information content (AvgIpc) is 2.46. The number of rotatable bonds is 5. The standard InChI is InChI=1S/C5H9O2.C4H7O2.C2H6O3S.CH4O4S/c1-4(6)5(2)7-3;1-3(5)4(2)6;2*1-5-6(2,3)4/h5H,2H2,1,3H3;3,5H,1H2,2H3;1-2H3;1H3,(H,2,3,4)/q2*+1;;. The maximum Gasteiger partial charge on any atom is 0.397 e. The Bertz CT molecular complexity index is 518. The van der Waals surface area contributed by atoms with Crippen molar-refractivity contribution in [1.29, 1.82) is 0 Å². The lowest BCUT2D eigenvalue weighted by Crippen LogP contribution is -2.14. The Morgan fingerprint density at radius 3 is 1.16 bits per heavy atom. The highest BCUT2D eigenvalue weighted by Gasteiger charge is 2.10. The van der Waals surface area contributed by atoms with Crippen molar-refractivity contribution in [3.05, 3.63) is 13.8 Å². The van der Waals surface area contributed by atoms with Gasteiger partial charge in [-0.05, 0) is 0 Å². The van der Waals surface area contributed by atoms with Crippen LogP contribution < -0.4 is 0 Å². The normalized spacial score (nSPS) is 12.6. The number of aliphatic hydroxyl groups excluding tert-OH is 1. The van der Waals surface area contributed by atoms with Gasteiger partial charge in [-0.3, -0.25) is 22.5 Å². The third-order valence-corrected chi connectivity index (χ3v) is 2.75. The van der Waals surface area contributed by atoms with E-state index in [-0.39, 0.29) is 11.6 Å². The van der Waals surface area contributed by atoms with E-state index in [0.717, 1.165) is 20.5 Å². The van der Waals surface area contributed by atoms with Crippen molar-refractivity contribution in [3.8, 4) is 0 Å². The quantitative estimate of drug-likeness (QED) is 0.331. The van der Waals surface area contributed by atoms with Gasteiger partial charge in [-0.1, -0.05) is 0 Å². The van der Waals surface area contributed by atoms with Crippen LogP contribution in [0.1, 0.15) is 13.8 Å². The summed E-state index contributed by atoms with van der Waals surface area (Å²) in [6.07, 6.45) is -0.530. The lowest BCUT2D eigenvalue weighted by molar-refractivity contribution is -0.124. The van der Waals surface area contributed by atoms with Crippen LogP contribution in [-0.4, -0.2) is 77.9 Å². The summed E-state index contributed by atoms with van der Waals surface area (Å²) in [4.78, 5) is 20.0. The molecule has 0 aliphatic heterocycles. The van der Waals surface area contributed by atoms with Crippen molar-refractivity contribution >= 4 is 32.1 Å². The van der Waals surface area contributed by atoms with E-state index in [2.05, 4.69) is 27.0 Å². The third-order valence-electron chi connectivity index (χ3n) is 1.72. The summed E-state index contributed by atoms with van der Waals surface area (Å²) >= 11 is 0. The van der Waals surface area contributed by atoms with Crippen LogP contribution in [-0.2, 0) is 43.2 Å². The maximum atomic E-state index is 10.2. The smallest absolute Gasteiger partial charge is 0.348 e. The second-order valence-electron chi connectivity index (χ2n) is 3.93. The molecule has 0 radical (unpaired) electrons. The number of hydrogen-bond acceptors (Lipinski definition) is 10. The SMILES string of the molecule is COS(=O)(=O)O.COS(C)(=O)=O.[CH2+]C(O)C(C)=O.[CH2+]C(OC)C(C)=O. The topological polar surface area (TPSA) is 171 Å². The number of carbonyl (C=O) groups is 2. The molecule has 0 fully saturated rings. The summed E-state index contributed by atoms with van der Waals surface area (Å²) in [5.41, 5.74) is 0. The minimum absolute atomic E-state index is 0.0394. The molecular formula is C12H26O11S2+2. The van der Waals surface area contributed by atoms with Crippen LogP contribution in [0.3, 0.4) is 0 Å². The molecule has 0 spiro atoms. The fourth-order valence-electron chi connectivity index (χ4n) is 0.166. The Kier molecular flexibility index (Phi) is 20.5. The number of hydrogen-bond donors (Lipinski definition) is 2. The Hall–Kier alpha value is -1.22. The molecule has 0 saturated carbocycles. The predicted octanol–water partition coefficient (Wildman–Crippen LogP) is -0.777. The summed E-state index contributed by atoms with van der Waals surface area (Å²) in [5.74, 6) is -0.336. The van der Waals surface area contributed by atoms with Gasteiger partial charge in [-0.15, -0.1) is 0 Å². The highest BCUT2D eigenvalue weighted by molar-refractivity contribution is 7.85. The molecule has 0 rings (SSSR count). The van der Waals surface area contributed by atoms with E-state index in [9.17, 15) is 26.4 Å². The van der Waals surface area contributed by atoms with Gasteiger partial charge in [-0.2, -0.15) is 16.8 Å². The van der Waals surface area contributed by atoms with E-state index in [0.29, 0.717) is 0 Å². The maximum absolute atomic E-state index is 10.2. The van der Waals surface area contributed by atoms with Crippen LogP contribution in [0.2, 0.25) is 0 Å². The molecule has 0 bridgehead atoms. The fourth-order valence-corrected chi connectivity index (χ4v) is 0.166. The van der Waals surface area contributed by atoms with E-state index in [1.165, 1.54) is 21.0 Å². The molecular weight excluding hydrogens is 384 g/mol. The summed E-state index contributed by atoms with van der Waals surface area (Å²) in [5, 5.41) is 8.17. The minimum Gasteiger partial charge on any atom is -0.348 e. The lowest BCUT2D eigenvalue weighted by Gasteiger charge is -1.93. The molecule has 25 heavy (non-hydrogen) atoms. The van der Waals surface area contributed by atoms with Crippen LogP contribution in [0.5, 0.6) is 0 Å². The molecule has 2 N–H and O–H groups in total. The van der Waals surface area contributed by atoms with Crippen LogP contribution in [0, 0.1) is 13.8 Å². The Labute approximate surface area is 149 Å². The van der Waals surface area contributed by atoms with Crippen molar-refractivity contribution in [2.75, 3.05) is 27.6 Å². The van der Waals surface area contributed by atoms with Crippen LogP contribution in [0.4, 0.5) is 0 Å². The van der Waals surface area contributed by atoms with E-state index in [4.69, 9.17) is 9.66 Å². The van der Waals surface area contributed by atoms with Gasteiger partial charge in [0.05, 0.1) is 34.3 Å². The largest absolute Gasteiger partial charge is 0.397 e. The molecule has 150 valence electrons. The van der Waals surface area contributed by atoms with Crippen molar-refractivity contribution in [1.82, 2.24) is 0 Å². The summed E-state index contributed by atoms with van der Waals surface area (Å²) < 4.78 is 57.7. The minimum atomic E-state index is -4.16. The van der Waals surface area contributed by atoms with Crippen molar-refractivity contribution in [3.63, 3.8) is 0 Å². The zero-order chi connectivity index (χ0) is 21.4. The number of Topliss-reactive ketones (excluding diaryl/α,β-unsaturated/α-hetero) is 2. The van der Waals surface area contributed by atoms with Gasteiger partial charge in [0.15, 0.2) is 0 Å². The lowest BCUT2D eigenvalue weighted by atomic mass is 10.3. The number of ketones is 2. The second kappa shape index (κ2) is 16.3. The second-order valence-corrected chi connectivity index (χ2v) is 6.86. The zero-order valence-electron chi connectivity index (χ0n) is 15.0. The van der Waals surface area contributed by atoms with Gasteiger partial charge < -0.3 is 9.84 Å². The average molecular weight is 410 g/mol.